The van der Waals surface area contributed by atoms with Crippen molar-refractivity contribution in [2.45, 2.75) is 124 Å². The van der Waals surface area contributed by atoms with Gasteiger partial charge >= 0.3 is 5.97 Å². The van der Waals surface area contributed by atoms with E-state index in [1.807, 2.05) is 0 Å². The van der Waals surface area contributed by atoms with E-state index in [4.69, 9.17) is 14.2 Å². The van der Waals surface area contributed by atoms with Crippen molar-refractivity contribution in [3.63, 3.8) is 0 Å². The molecule has 5 aliphatic rings. The fourth-order valence-electron chi connectivity index (χ4n) is 10.3. The molecule has 1 saturated heterocycles. The van der Waals surface area contributed by atoms with Crippen molar-refractivity contribution in [2.75, 3.05) is 13.2 Å². The van der Waals surface area contributed by atoms with Crippen LogP contribution in [-0.4, -0.2) is 43.0 Å². The third kappa shape index (κ3) is 5.00. The highest BCUT2D eigenvalue weighted by Crippen LogP contribution is 2.70. The lowest BCUT2D eigenvalue weighted by Gasteiger charge is -2.58. The first-order chi connectivity index (χ1) is 18.4. The highest BCUT2D eigenvalue weighted by atomic mass is 16.7. The van der Waals surface area contributed by atoms with Crippen LogP contribution in [-0.2, 0) is 23.8 Å². The first kappa shape index (κ1) is 29.1. The third-order valence-electron chi connectivity index (χ3n) is 12.1. The molecule has 39 heavy (non-hydrogen) atoms. The zero-order chi connectivity index (χ0) is 28.2. The molecule has 0 bridgehead atoms. The molecule has 5 rings (SSSR count). The van der Waals surface area contributed by atoms with Crippen molar-refractivity contribution in [3.8, 4) is 0 Å². The van der Waals surface area contributed by atoms with Crippen molar-refractivity contribution in [3.05, 3.63) is 11.6 Å². The molecule has 0 aromatic carbocycles. The minimum Gasteiger partial charge on any atom is -0.462 e. The summed E-state index contributed by atoms with van der Waals surface area (Å²) >= 11 is 0. The zero-order valence-electron chi connectivity index (χ0n) is 25.5. The number of hydrogen-bond donors (Lipinski definition) is 1. The number of carbonyl (C=O) groups is 2. The highest BCUT2D eigenvalue weighted by molar-refractivity contribution is 5.72. The van der Waals surface area contributed by atoms with Gasteiger partial charge in [0.25, 0.3) is 0 Å². The molecule has 1 aliphatic heterocycles. The van der Waals surface area contributed by atoms with Gasteiger partial charge in [0.15, 0.2) is 5.79 Å². The number of rotatable bonds is 8. The van der Waals surface area contributed by atoms with Crippen LogP contribution >= 0.6 is 0 Å². The van der Waals surface area contributed by atoms with Gasteiger partial charge in [-0.15, -0.1) is 0 Å². The minimum atomic E-state index is -0.514. The van der Waals surface area contributed by atoms with Gasteiger partial charge in [-0.05, 0) is 92.3 Å². The lowest BCUT2D eigenvalue weighted by Crippen LogP contribution is -2.52. The van der Waals surface area contributed by atoms with Crippen molar-refractivity contribution in [2.24, 2.45) is 46.3 Å². The maximum atomic E-state index is 11.6. The van der Waals surface area contributed by atoms with Gasteiger partial charge < -0.3 is 19.5 Å². The average Bonchev–Trinajstić information content (AvgIpc) is 3.32. The van der Waals surface area contributed by atoms with Gasteiger partial charge in [-0.2, -0.15) is 0 Å². The van der Waals surface area contributed by atoms with Gasteiger partial charge in [0.1, 0.15) is 6.10 Å². The summed E-state index contributed by atoms with van der Waals surface area (Å²) in [6, 6.07) is 0. The molecule has 1 N–H and O–H groups in total. The molecule has 0 aromatic rings. The summed E-state index contributed by atoms with van der Waals surface area (Å²) in [6.07, 6.45) is 12.6. The average molecular weight is 544 g/mol. The standard InChI is InChI=1S/C33H53NO5/c1-8-37-33(16-11-20(2)19-34-22(4)35)21(3)30-29(39-33)18-28-26-10-9-24-17-25(38-23(5)36)12-14-31(24,6)27(26)13-15-32(28,30)7/h9,20-21,25-30H,8,10-19H2,1-7H3,(H,34,35)/t20-,21+,25-,26-,27+,28+,29+,30+,31+,32+,33+/m1/s1. The van der Waals surface area contributed by atoms with Crippen molar-refractivity contribution >= 4 is 11.9 Å². The molecule has 0 aromatic heterocycles. The van der Waals surface area contributed by atoms with E-state index in [0.29, 0.717) is 48.7 Å². The Hall–Kier alpha value is -1.40. The van der Waals surface area contributed by atoms with Gasteiger partial charge in [0.05, 0.1) is 6.10 Å². The van der Waals surface area contributed by atoms with Crippen molar-refractivity contribution in [1.29, 1.82) is 0 Å². The molecule has 6 heteroatoms. The van der Waals surface area contributed by atoms with Crippen LogP contribution < -0.4 is 5.32 Å². The molecule has 3 saturated carbocycles. The van der Waals surface area contributed by atoms with E-state index in [1.165, 1.54) is 19.8 Å². The number of hydrogen-bond acceptors (Lipinski definition) is 5. The molecule has 11 atom stereocenters. The maximum absolute atomic E-state index is 11.6. The summed E-state index contributed by atoms with van der Waals surface area (Å²) in [6.45, 7) is 16.3. The number of nitrogens with one attached hydrogen (secondary N) is 1. The first-order valence-corrected chi connectivity index (χ1v) is 15.9. The molecule has 1 heterocycles. The minimum absolute atomic E-state index is 0.0342. The van der Waals surface area contributed by atoms with Crippen molar-refractivity contribution in [1.82, 2.24) is 5.32 Å². The normalized spacial score (nSPS) is 45.3. The van der Waals surface area contributed by atoms with E-state index in [2.05, 4.69) is 46.0 Å². The van der Waals surface area contributed by atoms with E-state index in [9.17, 15) is 9.59 Å². The Morgan fingerprint density at radius 1 is 1.18 bits per heavy atom. The predicted molar refractivity (Wildman–Crippen MR) is 152 cm³/mol. The van der Waals surface area contributed by atoms with Crippen LogP contribution in [0.15, 0.2) is 11.6 Å². The van der Waals surface area contributed by atoms with Crippen LogP contribution in [0.3, 0.4) is 0 Å². The molecule has 6 nitrogen and oxygen atoms in total. The largest absolute Gasteiger partial charge is 0.462 e. The number of amides is 1. The smallest absolute Gasteiger partial charge is 0.302 e. The second kappa shape index (κ2) is 10.8. The number of fused-ring (bicyclic) bond motifs is 7. The molecular formula is C33H53NO5. The van der Waals surface area contributed by atoms with Gasteiger partial charge in [0.2, 0.25) is 5.91 Å². The summed E-state index contributed by atoms with van der Waals surface area (Å²) in [5.74, 6) is 2.76. The highest BCUT2D eigenvalue weighted by Gasteiger charge is 2.68. The Bertz CT molecular complexity index is 979. The number of esters is 1. The molecule has 220 valence electrons. The Morgan fingerprint density at radius 3 is 2.64 bits per heavy atom. The van der Waals surface area contributed by atoms with Gasteiger partial charge in [0, 0.05) is 45.8 Å². The van der Waals surface area contributed by atoms with Crippen LogP contribution in [0.2, 0.25) is 0 Å². The quantitative estimate of drug-likeness (QED) is 0.282. The second-order valence-electron chi connectivity index (χ2n) is 14.3. The fraction of sp³-hybridized carbons (Fsp3) is 0.879. The summed E-state index contributed by atoms with van der Waals surface area (Å²) in [5, 5.41) is 2.97. The molecule has 1 amide bonds. The maximum Gasteiger partial charge on any atom is 0.302 e. The number of ether oxygens (including phenoxy) is 3. The predicted octanol–water partition coefficient (Wildman–Crippen LogP) is 6.43. The topological polar surface area (TPSA) is 73.9 Å². The second-order valence-corrected chi connectivity index (χ2v) is 14.3. The van der Waals surface area contributed by atoms with Crippen LogP contribution in [0.4, 0.5) is 0 Å². The Labute approximate surface area is 236 Å². The monoisotopic (exact) mass is 543 g/mol. The van der Waals surface area contributed by atoms with E-state index in [0.717, 1.165) is 44.9 Å². The van der Waals surface area contributed by atoms with Crippen LogP contribution in [0.25, 0.3) is 0 Å². The number of allylic oxidation sites excluding steroid dienone is 1. The molecule has 0 spiro atoms. The zero-order valence-corrected chi connectivity index (χ0v) is 25.5. The first-order valence-electron chi connectivity index (χ1n) is 15.9. The molecule has 0 unspecified atom stereocenters. The molecular weight excluding hydrogens is 490 g/mol. The lowest BCUT2D eigenvalue weighted by molar-refractivity contribution is -0.250. The van der Waals surface area contributed by atoms with Gasteiger partial charge in [-0.1, -0.05) is 39.3 Å². The third-order valence-corrected chi connectivity index (χ3v) is 12.1. The van der Waals surface area contributed by atoms with Crippen LogP contribution in [0.1, 0.15) is 106 Å². The molecule has 0 radical (unpaired) electrons. The fourth-order valence-corrected chi connectivity index (χ4v) is 10.3. The Balaban J connectivity index is 1.31. The van der Waals surface area contributed by atoms with Crippen molar-refractivity contribution < 1.29 is 23.8 Å². The summed E-state index contributed by atoms with van der Waals surface area (Å²) in [4.78, 5) is 23.0. The molecule has 4 fully saturated rings. The van der Waals surface area contributed by atoms with E-state index in [1.54, 1.807) is 12.5 Å². The summed E-state index contributed by atoms with van der Waals surface area (Å²) in [5.41, 5.74) is 2.07. The Morgan fingerprint density at radius 2 is 1.95 bits per heavy atom. The van der Waals surface area contributed by atoms with E-state index < -0.39 is 5.79 Å². The molecule has 4 aliphatic carbocycles. The van der Waals surface area contributed by atoms with Gasteiger partial charge in [-0.3, -0.25) is 9.59 Å². The lowest BCUT2D eigenvalue weighted by atomic mass is 9.47. The van der Waals surface area contributed by atoms with E-state index >= 15 is 0 Å². The SMILES string of the molecule is CCO[C@@]1(CC[C@@H](C)CNC(C)=O)O[C@H]2C[C@H]3[C@@H]4CC=C5C[C@H](OC(C)=O)CC[C@]5(C)[C@H]4CC[C@]3(C)[C@H]2[C@@H]1C. The van der Waals surface area contributed by atoms with E-state index in [-0.39, 0.29) is 34.9 Å². The van der Waals surface area contributed by atoms with Crippen LogP contribution in [0, 0.1) is 46.3 Å². The summed E-state index contributed by atoms with van der Waals surface area (Å²) in [7, 11) is 0. The van der Waals surface area contributed by atoms with Crippen LogP contribution in [0.5, 0.6) is 0 Å². The van der Waals surface area contributed by atoms with Gasteiger partial charge in [-0.25, -0.2) is 0 Å². The number of carbonyl (C=O) groups excluding carboxylic acids is 2. The Kier molecular flexibility index (Phi) is 8.04. The summed E-state index contributed by atoms with van der Waals surface area (Å²) < 4.78 is 19.2.